The van der Waals surface area contributed by atoms with Crippen LogP contribution in [0.15, 0.2) is 29.1 Å². The zero-order valence-electron chi connectivity index (χ0n) is 24.0. The smallest absolute Gasteiger partial charge is 0.322 e. The predicted molar refractivity (Wildman–Crippen MR) is 157 cm³/mol. The maximum atomic E-state index is 14.2. The Bertz CT molecular complexity index is 1310. The van der Waals surface area contributed by atoms with Crippen molar-refractivity contribution in [2.24, 2.45) is 0 Å². The van der Waals surface area contributed by atoms with Gasteiger partial charge >= 0.3 is 6.03 Å². The van der Waals surface area contributed by atoms with Gasteiger partial charge < -0.3 is 14.8 Å². The highest BCUT2D eigenvalue weighted by molar-refractivity contribution is 6.07. The Morgan fingerprint density at radius 2 is 1.68 bits per heavy atom. The fourth-order valence-corrected chi connectivity index (χ4v) is 7.99. The van der Waals surface area contributed by atoms with Gasteiger partial charge in [0.2, 0.25) is 0 Å². The van der Waals surface area contributed by atoms with Gasteiger partial charge in [-0.25, -0.2) is 9.78 Å². The molecule has 1 aromatic carbocycles. The van der Waals surface area contributed by atoms with E-state index in [0.29, 0.717) is 49.9 Å². The minimum atomic E-state index is -0.879. The first-order valence-electron chi connectivity index (χ1n) is 15.5. The number of urea groups is 1. The van der Waals surface area contributed by atoms with E-state index in [2.05, 4.69) is 29.4 Å². The number of hydrogen-bond acceptors (Lipinski definition) is 6. The quantitative estimate of drug-likeness (QED) is 0.534. The number of aromatic nitrogens is 2. The van der Waals surface area contributed by atoms with Crippen LogP contribution in [0.2, 0.25) is 0 Å². The zero-order valence-corrected chi connectivity index (χ0v) is 24.0. The van der Waals surface area contributed by atoms with E-state index >= 15 is 0 Å². The van der Waals surface area contributed by atoms with Crippen molar-refractivity contribution in [3.8, 4) is 0 Å². The predicted octanol–water partition coefficient (Wildman–Crippen LogP) is 4.49. The molecule has 4 aliphatic rings. The molecule has 4 fully saturated rings. The molecule has 2 N–H and O–H groups in total. The van der Waals surface area contributed by atoms with Crippen LogP contribution in [0, 0.1) is 0 Å². The highest BCUT2D eigenvalue weighted by Crippen LogP contribution is 2.36. The molecule has 1 saturated carbocycles. The molecule has 9 heteroatoms. The number of imide groups is 1. The van der Waals surface area contributed by atoms with Gasteiger partial charge in [-0.2, -0.15) is 0 Å². The van der Waals surface area contributed by atoms with Gasteiger partial charge in [0.05, 0.1) is 11.0 Å². The van der Waals surface area contributed by atoms with Crippen molar-refractivity contribution in [3.63, 3.8) is 0 Å². The van der Waals surface area contributed by atoms with Crippen LogP contribution in [-0.2, 0) is 4.79 Å². The van der Waals surface area contributed by atoms with Gasteiger partial charge in [0.1, 0.15) is 5.54 Å². The number of amides is 3. The lowest BCUT2D eigenvalue weighted by atomic mass is 9.88. The number of hydrogen-bond donors (Lipinski definition) is 2. The van der Waals surface area contributed by atoms with E-state index in [4.69, 9.17) is 4.98 Å². The first-order chi connectivity index (χ1) is 19.4. The fourth-order valence-electron chi connectivity index (χ4n) is 7.99. The molecule has 2 unspecified atom stereocenters. The van der Waals surface area contributed by atoms with E-state index in [1.807, 2.05) is 33.7 Å². The van der Waals surface area contributed by atoms with Crippen LogP contribution >= 0.6 is 0 Å². The van der Waals surface area contributed by atoms with E-state index in [1.165, 1.54) is 57.8 Å². The summed E-state index contributed by atoms with van der Waals surface area (Å²) in [6.07, 6.45) is 13.6. The molecular formula is C31H44N6O3. The molecule has 6 rings (SSSR count). The van der Waals surface area contributed by atoms with E-state index < -0.39 is 11.6 Å². The number of benzene rings is 1. The first kappa shape index (κ1) is 27.2. The van der Waals surface area contributed by atoms with E-state index in [9.17, 15) is 14.4 Å². The Kier molecular flexibility index (Phi) is 7.59. The molecule has 40 heavy (non-hydrogen) atoms. The van der Waals surface area contributed by atoms with Crippen molar-refractivity contribution in [3.05, 3.63) is 34.6 Å². The molecule has 1 aliphatic carbocycles. The van der Waals surface area contributed by atoms with E-state index in [1.54, 1.807) is 0 Å². The lowest BCUT2D eigenvalue weighted by Gasteiger charge is -2.39. The number of likely N-dealkylation sites (tertiary alicyclic amines) is 1. The third-order valence-corrected chi connectivity index (χ3v) is 10.1. The second-order valence-electron chi connectivity index (χ2n) is 12.7. The standard InChI is InChI=1S/C31H44N6O3/c1-21-14-15-24(36(21)23-10-6-4-3-5-7-11-23)20-22(2)37-26-13-9-8-12-25(26)32-27(28(37)38)35-18-16-31(17-19-35)29(39)33-30(40)34-31/h8-9,12-13,21-24H,3-7,10-11,14-20H2,1-2H3,(H2,33,34,39,40)/t21?,22?,24-/m0/s1. The molecule has 3 atom stereocenters. The number of anilines is 1. The minimum Gasteiger partial charge on any atom is -0.352 e. The van der Waals surface area contributed by atoms with Crippen LogP contribution in [0.3, 0.4) is 0 Å². The Morgan fingerprint density at radius 1 is 0.975 bits per heavy atom. The molecule has 0 bridgehead atoms. The number of nitrogens with one attached hydrogen (secondary N) is 2. The highest BCUT2D eigenvalue weighted by atomic mass is 16.2. The van der Waals surface area contributed by atoms with Gasteiger partial charge in [0.25, 0.3) is 11.5 Å². The molecule has 3 amide bonds. The average molecular weight is 549 g/mol. The van der Waals surface area contributed by atoms with E-state index in [0.717, 1.165) is 17.5 Å². The summed E-state index contributed by atoms with van der Waals surface area (Å²) in [4.78, 5) is 48.1. The highest BCUT2D eigenvalue weighted by Gasteiger charge is 2.48. The second kappa shape index (κ2) is 11.1. The largest absolute Gasteiger partial charge is 0.352 e. The lowest BCUT2D eigenvalue weighted by molar-refractivity contribution is -0.124. The second-order valence-corrected chi connectivity index (χ2v) is 12.7. The van der Waals surface area contributed by atoms with Crippen LogP contribution < -0.4 is 21.1 Å². The summed E-state index contributed by atoms with van der Waals surface area (Å²) in [5.74, 6) is 0.177. The van der Waals surface area contributed by atoms with Gasteiger partial charge in [0, 0.05) is 37.3 Å². The third kappa shape index (κ3) is 5.01. The van der Waals surface area contributed by atoms with Gasteiger partial charge in [-0.05, 0) is 70.9 Å². The van der Waals surface area contributed by atoms with Gasteiger partial charge in [0.15, 0.2) is 5.82 Å². The van der Waals surface area contributed by atoms with Crippen molar-refractivity contribution in [2.45, 2.75) is 121 Å². The zero-order chi connectivity index (χ0) is 27.9. The van der Waals surface area contributed by atoms with Crippen LogP contribution in [0.5, 0.6) is 0 Å². The number of carbonyl (C=O) groups is 2. The van der Waals surface area contributed by atoms with Crippen molar-refractivity contribution in [2.75, 3.05) is 18.0 Å². The summed E-state index contributed by atoms with van der Waals surface area (Å²) in [6, 6.07) is 9.27. The maximum absolute atomic E-state index is 14.2. The van der Waals surface area contributed by atoms with Gasteiger partial charge in [-0.15, -0.1) is 0 Å². The van der Waals surface area contributed by atoms with E-state index in [-0.39, 0.29) is 17.5 Å². The molecule has 3 aliphatic heterocycles. The van der Waals surface area contributed by atoms with Crippen molar-refractivity contribution < 1.29 is 9.59 Å². The molecule has 1 spiro atoms. The normalized spacial score (nSPS) is 27.0. The topological polar surface area (TPSA) is 99.6 Å². The van der Waals surface area contributed by atoms with Crippen LogP contribution in [-0.4, -0.2) is 63.1 Å². The summed E-state index contributed by atoms with van der Waals surface area (Å²) in [6.45, 7) is 5.56. The Hall–Kier alpha value is -2.94. The molecule has 9 nitrogen and oxygen atoms in total. The molecule has 1 aromatic heterocycles. The molecule has 0 radical (unpaired) electrons. The lowest BCUT2D eigenvalue weighted by Crippen LogP contribution is -2.55. The van der Waals surface area contributed by atoms with Crippen molar-refractivity contribution >= 4 is 28.8 Å². The summed E-state index contributed by atoms with van der Waals surface area (Å²) in [7, 11) is 0. The fraction of sp³-hybridized carbons (Fsp3) is 0.677. The number of fused-ring (bicyclic) bond motifs is 1. The molecule has 2 aromatic rings. The molecular weight excluding hydrogens is 504 g/mol. The summed E-state index contributed by atoms with van der Waals surface area (Å²) >= 11 is 0. The van der Waals surface area contributed by atoms with Crippen LogP contribution in [0.4, 0.5) is 10.6 Å². The maximum Gasteiger partial charge on any atom is 0.322 e. The molecule has 216 valence electrons. The minimum absolute atomic E-state index is 0.0292. The molecule has 3 saturated heterocycles. The average Bonchev–Trinajstić information content (AvgIpc) is 3.41. The van der Waals surface area contributed by atoms with Gasteiger partial charge in [-0.1, -0.05) is 44.2 Å². The molecule has 4 heterocycles. The number of rotatable bonds is 5. The van der Waals surface area contributed by atoms with Crippen molar-refractivity contribution in [1.82, 2.24) is 25.1 Å². The van der Waals surface area contributed by atoms with Crippen molar-refractivity contribution in [1.29, 1.82) is 0 Å². The number of nitrogens with zero attached hydrogens (tertiary/aromatic N) is 4. The Balaban J connectivity index is 1.26. The first-order valence-corrected chi connectivity index (χ1v) is 15.5. The Labute approximate surface area is 236 Å². The monoisotopic (exact) mass is 548 g/mol. The summed E-state index contributed by atoms with van der Waals surface area (Å²) in [5.41, 5.74) is 0.748. The summed E-state index contributed by atoms with van der Waals surface area (Å²) in [5, 5.41) is 5.18. The SMILES string of the molecule is CC1CC[C@@H](CC(C)n2c(=O)c(N3CCC4(CC3)NC(=O)NC4=O)nc3ccccc32)N1C1CCCCCCC1. The number of carbonyl (C=O) groups excluding carboxylic acids is 2. The number of piperidine rings is 1. The van der Waals surface area contributed by atoms with Crippen LogP contribution in [0.25, 0.3) is 11.0 Å². The van der Waals surface area contributed by atoms with Gasteiger partial charge in [-0.3, -0.25) is 19.8 Å². The number of para-hydroxylation sites is 2. The third-order valence-electron chi connectivity index (χ3n) is 10.1. The Morgan fingerprint density at radius 3 is 2.38 bits per heavy atom. The van der Waals surface area contributed by atoms with Crippen LogP contribution in [0.1, 0.15) is 96.9 Å². The summed E-state index contributed by atoms with van der Waals surface area (Å²) < 4.78 is 1.98.